The van der Waals surface area contributed by atoms with Gasteiger partial charge in [0.2, 0.25) is 0 Å². The van der Waals surface area contributed by atoms with Gasteiger partial charge in [-0.1, -0.05) is 31.6 Å². The van der Waals surface area contributed by atoms with Crippen LogP contribution in [0.2, 0.25) is 0 Å². The Morgan fingerprint density at radius 1 is 1.36 bits per heavy atom. The van der Waals surface area contributed by atoms with Crippen LogP contribution in [0.1, 0.15) is 26.2 Å². The van der Waals surface area contributed by atoms with Crippen molar-refractivity contribution < 1.29 is 0 Å². The van der Waals surface area contributed by atoms with Crippen LogP contribution < -0.4 is 0 Å². The third kappa shape index (κ3) is 3.06. The summed E-state index contributed by atoms with van der Waals surface area (Å²) < 4.78 is 0. The molecule has 0 amide bonds. The topological polar surface area (TPSA) is 0 Å². The van der Waals surface area contributed by atoms with Crippen molar-refractivity contribution in [1.82, 2.24) is 0 Å². The lowest BCUT2D eigenvalue weighted by molar-refractivity contribution is 0.798. The van der Waals surface area contributed by atoms with E-state index < -0.39 is 0 Å². The molecule has 0 heteroatoms. The third-order valence-electron chi connectivity index (χ3n) is 1.72. The molecule has 0 fully saturated rings. The average Bonchev–Trinajstić information content (AvgIpc) is 2.28. The van der Waals surface area contributed by atoms with Gasteiger partial charge in [-0.05, 0) is 30.6 Å². The highest BCUT2D eigenvalue weighted by Gasteiger charge is 1.90. The van der Waals surface area contributed by atoms with Crippen LogP contribution in [0.4, 0.5) is 0 Å². The summed E-state index contributed by atoms with van der Waals surface area (Å²) in [5.41, 5.74) is 4.45. The lowest BCUT2D eigenvalue weighted by atomic mass is 10.1. The van der Waals surface area contributed by atoms with Gasteiger partial charge < -0.3 is 0 Å². The van der Waals surface area contributed by atoms with Crippen LogP contribution in [0.3, 0.4) is 0 Å². The molecule has 0 heterocycles. The van der Waals surface area contributed by atoms with Gasteiger partial charge in [-0.15, -0.1) is 5.73 Å². The lowest BCUT2D eigenvalue weighted by Gasteiger charge is -1.96. The van der Waals surface area contributed by atoms with Crippen LogP contribution in [-0.2, 0) is 0 Å². The summed E-state index contributed by atoms with van der Waals surface area (Å²) in [5.74, 6) is 0. The second kappa shape index (κ2) is 4.76. The van der Waals surface area contributed by atoms with E-state index in [4.69, 9.17) is 0 Å². The van der Waals surface area contributed by atoms with Crippen LogP contribution >= 0.6 is 0 Å². The molecule has 0 radical (unpaired) electrons. The fraction of sp³-hybridized carbons (Fsp3) is 0.364. The maximum Gasteiger partial charge on any atom is -0.0197 e. The summed E-state index contributed by atoms with van der Waals surface area (Å²) >= 11 is 0. The van der Waals surface area contributed by atoms with Crippen LogP contribution in [0.15, 0.2) is 41.7 Å². The normalized spacial score (nSPS) is 14.8. The molecule has 0 unspecified atom stereocenters. The Morgan fingerprint density at radius 2 is 2.27 bits per heavy atom. The first-order valence-electron chi connectivity index (χ1n) is 4.22. The van der Waals surface area contributed by atoms with E-state index in [9.17, 15) is 0 Å². The molecule has 0 bridgehead atoms. The van der Waals surface area contributed by atoms with Crippen molar-refractivity contribution in [1.29, 1.82) is 0 Å². The molecule has 1 aliphatic rings. The molecule has 58 valence electrons. The van der Waals surface area contributed by atoms with E-state index in [1.165, 1.54) is 24.8 Å². The van der Waals surface area contributed by atoms with Crippen LogP contribution in [0.5, 0.6) is 0 Å². The summed E-state index contributed by atoms with van der Waals surface area (Å²) in [4.78, 5) is 0. The van der Waals surface area contributed by atoms with Crippen molar-refractivity contribution in [3.8, 4) is 0 Å². The number of hydrogen-bond acceptors (Lipinski definition) is 0. The molecule has 0 aromatic rings. The molecule has 0 nitrogen and oxygen atoms in total. The molecule has 0 saturated carbocycles. The van der Waals surface area contributed by atoms with E-state index in [2.05, 4.69) is 24.8 Å². The third-order valence-corrected chi connectivity index (χ3v) is 1.72. The van der Waals surface area contributed by atoms with Crippen molar-refractivity contribution >= 4 is 0 Å². The van der Waals surface area contributed by atoms with E-state index in [0.717, 1.165) is 0 Å². The van der Waals surface area contributed by atoms with Crippen LogP contribution in [-0.4, -0.2) is 0 Å². The Hall–Kier alpha value is -1.00. The van der Waals surface area contributed by atoms with E-state index >= 15 is 0 Å². The van der Waals surface area contributed by atoms with Crippen LogP contribution in [0.25, 0.3) is 0 Å². The predicted molar refractivity (Wildman–Crippen MR) is 49.4 cm³/mol. The first kappa shape index (κ1) is 8.10. The molecule has 0 N–H and O–H groups in total. The molecule has 0 aromatic carbocycles. The van der Waals surface area contributed by atoms with Crippen molar-refractivity contribution in [2.75, 3.05) is 0 Å². The molecular formula is C11H14. The number of unbranched alkanes of at least 4 members (excludes halogenated alkanes) is 1. The molecule has 1 rings (SSSR count). The first-order chi connectivity index (χ1) is 5.43. The van der Waals surface area contributed by atoms with Gasteiger partial charge in [-0.2, -0.15) is 0 Å². The molecule has 11 heavy (non-hydrogen) atoms. The number of allylic oxidation sites excluding steroid dienone is 5. The number of rotatable bonds is 3. The Bertz CT molecular complexity index is 222. The quantitative estimate of drug-likeness (QED) is 0.535. The van der Waals surface area contributed by atoms with Crippen molar-refractivity contribution in [3.63, 3.8) is 0 Å². The Kier molecular flexibility index (Phi) is 3.51. The zero-order chi connectivity index (χ0) is 7.94. The summed E-state index contributed by atoms with van der Waals surface area (Å²) in [5, 5.41) is 0. The predicted octanol–water partition coefficient (Wildman–Crippen LogP) is 3.38. The highest BCUT2D eigenvalue weighted by Crippen LogP contribution is 2.10. The van der Waals surface area contributed by atoms with Crippen LogP contribution in [0, 0.1) is 0 Å². The standard InChI is InChI=1S/C11H14/c1-2-3-8-11-9-6-4-5-7-10-11/h4,6-7,9-10H,2-3,8H2,1H3. The minimum absolute atomic E-state index is 1.19. The van der Waals surface area contributed by atoms with Gasteiger partial charge in [-0.3, -0.25) is 0 Å². The molecule has 0 aliphatic heterocycles. The monoisotopic (exact) mass is 146 g/mol. The molecule has 0 atom stereocenters. The van der Waals surface area contributed by atoms with E-state index in [1.54, 1.807) is 0 Å². The Labute approximate surface area is 68.6 Å². The second-order valence-corrected chi connectivity index (χ2v) is 2.70. The molecule has 0 aromatic heterocycles. The maximum atomic E-state index is 3.04. The van der Waals surface area contributed by atoms with Gasteiger partial charge in [0.15, 0.2) is 0 Å². The molecular weight excluding hydrogens is 132 g/mol. The van der Waals surface area contributed by atoms with Crippen molar-refractivity contribution in [2.24, 2.45) is 0 Å². The summed E-state index contributed by atoms with van der Waals surface area (Å²) in [6.45, 7) is 2.22. The van der Waals surface area contributed by atoms with Gasteiger partial charge >= 0.3 is 0 Å². The number of hydrogen-bond donors (Lipinski definition) is 0. The molecule has 0 saturated heterocycles. The zero-order valence-corrected chi connectivity index (χ0v) is 7.01. The minimum atomic E-state index is 1.19. The zero-order valence-electron chi connectivity index (χ0n) is 7.01. The van der Waals surface area contributed by atoms with Gasteiger partial charge in [0.1, 0.15) is 0 Å². The molecule has 1 aliphatic carbocycles. The van der Waals surface area contributed by atoms with E-state index in [1.807, 2.05) is 18.2 Å². The maximum absolute atomic E-state index is 3.04. The van der Waals surface area contributed by atoms with Crippen molar-refractivity contribution in [3.05, 3.63) is 41.7 Å². The Balaban J connectivity index is 2.47. The second-order valence-electron chi connectivity index (χ2n) is 2.70. The lowest BCUT2D eigenvalue weighted by Crippen LogP contribution is -1.77. The summed E-state index contributed by atoms with van der Waals surface area (Å²) in [6, 6.07) is 0. The fourth-order valence-corrected chi connectivity index (χ4v) is 1.04. The average molecular weight is 146 g/mol. The molecule has 0 spiro atoms. The Morgan fingerprint density at radius 3 is 3.09 bits per heavy atom. The summed E-state index contributed by atoms with van der Waals surface area (Å²) in [6.07, 6.45) is 14.0. The van der Waals surface area contributed by atoms with Gasteiger partial charge in [-0.25, -0.2) is 0 Å². The van der Waals surface area contributed by atoms with E-state index in [-0.39, 0.29) is 0 Å². The smallest absolute Gasteiger partial charge is 0.0197 e. The van der Waals surface area contributed by atoms with E-state index in [0.29, 0.717) is 0 Å². The summed E-state index contributed by atoms with van der Waals surface area (Å²) in [7, 11) is 0. The first-order valence-corrected chi connectivity index (χ1v) is 4.22. The SMILES string of the molecule is CCCCC1=CC=C=CC=C1. The van der Waals surface area contributed by atoms with Gasteiger partial charge in [0, 0.05) is 0 Å². The minimum Gasteiger partial charge on any atom is -0.121 e. The highest BCUT2D eigenvalue weighted by molar-refractivity contribution is 5.29. The highest BCUT2D eigenvalue weighted by atomic mass is 14.0. The fourth-order valence-electron chi connectivity index (χ4n) is 1.04. The van der Waals surface area contributed by atoms with Gasteiger partial charge in [0.05, 0.1) is 0 Å². The van der Waals surface area contributed by atoms with Crippen molar-refractivity contribution in [2.45, 2.75) is 26.2 Å². The van der Waals surface area contributed by atoms with Gasteiger partial charge in [0.25, 0.3) is 0 Å². The largest absolute Gasteiger partial charge is 0.121 e.